The van der Waals surface area contributed by atoms with Gasteiger partial charge in [0.15, 0.2) is 5.78 Å². The Kier molecular flexibility index (Phi) is 5.10. The number of rotatable bonds is 6. The maximum atomic E-state index is 11.9. The highest BCUT2D eigenvalue weighted by Gasteiger charge is 2.10. The number of ketones is 1. The van der Waals surface area contributed by atoms with Crippen LogP contribution in [0.15, 0.2) is 54.6 Å². The fourth-order valence-corrected chi connectivity index (χ4v) is 1.99. The minimum absolute atomic E-state index is 0.00199. The molecule has 1 N–H and O–H groups in total. The van der Waals surface area contributed by atoms with Crippen LogP contribution < -0.4 is 10.1 Å². The molecule has 0 aliphatic rings. The second-order valence-electron chi connectivity index (χ2n) is 4.55. The van der Waals surface area contributed by atoms with Gasteiger partial charge in [-0.05, 0) is 6.07 Å². The lowest BCUT2D eigenvalue weighted by Gasteiger charge is -2.08. The molecule has 2 rings (SSSR count). The standard InChI is InChI=1S/C17H17NO3/c1-21-16-10-6-5-9-14(16)11-17(20)18-12-15(19)13-7-3-2-4-8-13/h2-10H,11-12H2,1H3,(H,18,20). The topological polar surface area (TPSA) is 55.4 Å². The van der Waals surface area contributed by atoms with E-state index in [2.05, 4.69) is 5.32 Å². The van der Waals surface area contributed by atoms with E-state index in [0.717, 1.165) is 5.56 Å². The Morgan fingerprint density at radius 2 is 1.67 bits per heavy atom. The first kappa shape index (κ1) is 14.8. The molecule has 4 heteroatoms. The quantitative estimate of drug-likeness (QED) is 0.827. The second-order valence-corrected chi connectivity index (χ2v) is 4.55. The number of amides is 1. The summed E-state index contributed by atoms with van der Waals surface area (Å²) in [6.07, 6.45) is 0.187. The van der Waals surface area contributed by atoms with Crippen molar-refractivity contribution in [1.29, 1.82) is 0 Å². The van der Waals surface area contributed by atoms with E-state index in [1.807, 2.05) is 24.3 Å². The first-order valence-corrected chi connectivity index (χ1v) is 6.67. The molecule has 0 spiro atoms. The number of hydrogen-bond acceptors (Lipinski definition) is 3. The van der Waals surface area contributed by atoms with Gasteiger partial charge in [0.25, 0.3) is 0 Å². The summed E-state index contributed by atoms with van der Waals surface area (Å²) in [7, 11) is 1.57. The van der Waals surface area contributed by atoms with Gasteiger partial charge in [-0.15, -0.1) is 0 Å². The Hall–Kier alpha value is -2.62. The van der Waals surface area contributed by atoms with E-state index in [1.54, 1.807) is 37.4 Å². The number of ether oxygens (including phenoxy) is 1. The summed E-state index contributed by atoms with van der Waals surface area (Å²) in [5.74, 6) is 0.356. The van der Waals surface area contributed by atoms with Crippen LogP contribution in [0, 0.1) is 0 Å². The Morgan fingerprint density at radius 1 is 1.00 bits per heavy atom. The van der Waals surface area contributed by atoms with Crippen molar-refractivity contribution >= 4 is 11.7 Å². The third-order valence-corrected chi connectivity index (χ3v) is 3.09. The van der Waals surface area contributed by atoms with Gasteiger partial charge >= 0.3 is 0 Å². The smallest absolute Gasteiger partial charge is 0.224 e. The predicted molar refractivity (Wildman–Crippen MR) is 80.5 cm³/mol. The highest BCUT2D eigenvalue weighted by Crippen LogP contribution is 2.17. The molecule has 1 amide bonds. The SMILES string of the molecule is COc1ccccc1CC(=O)NCC(=O)c1ccccc1. The molecule has 0 radical (unpaired) electrons. The van der Waals surface area contributed by atoms with E-state index < -0.39 is 0 Å². The molecular formula is C17H17NO3. The zero-order chi connectivity index (χ0) is 15.1. The van der Waals surface area contributed by atoms with Crippen molar-refractivity contribution in [3.8, 4) is 5.75 Å². The van der Waals surface area contributed by atoms with E-state index in [1.165, 1.54) is 0 Å². The number of para-hydroxylation sites is 1. The van der Waals surface area contributed by atoms with Crippen LogP contribution in [0.5, 0.6) is 5.75 Å². The molecule has 2 aromatic rings. The summed E-state index contributed by atoms with van der Waals surface area (Å²) < 4.78 is 5.19. The molecule has 4 nitrogen and oxygen atoms in total. The van der Waals surface area contributed by atoms with E-state index >= 15 is 0 Å². The summed E-state index contributed by atoms with van der Waals surface area (Å²) >= 11 is 0. The predicted octanol–water partition coefficient (Wildman–Crippen LogP) is 2.24. The number of Topliss-reactive ketones (excluding diaryl/α,β-unsaturated/α-hetero) is 1. The Morgan fingerprint density at radius 3 is 2.38 bits per heavy atom. The number of benzene rings is 2. The lowest BCUT2D eigenvalue weighted by Crippen LogP contribution is -2.30. The molecular weight excluding hydrogens is 266 g/mol. The lowest BCUT2D eigenvalue weighted by molar-refractivity contribution is -0.120. The van der Waals surface area contributed by atoms with E-state index in [4.69, 9.17) is 4.74 Å². The number of carbonyl (C=O) groups is 2. The molecule has 0 saturated carbocycles. The molecule has 0 fully saturated rings. The maximum Gasteiger partial charge on any atom is 0.224 e. The second kappa shape index (κ2) is 7.24. The number of carbonyl (C=O) groups excluding carboxylic acids is 2. The molecule has 0 heterocycles. The molecule has 0 aliphatic heterocycles. The van der Waals surface area contributed by atoms with Crippen molar-refractivity contribution < 1.29 is 14.3 Å². The van der Waals surface area contributed by atoms with Gasteiger partial charge in [0, 0.05) is 11.1 Å². The average Bonchev–Trinajstić information content (AvgIpc) is 2.54. The van der Waals surface area contributed by atoms with Crippen molar-refractivity contribution in [2.24, 2.45) is 0 Å². The van der Waals surface area contributed by atoms with Crippen LogP contribution in [0.1, 0.15) is 15.9 Å². The summed E-state index contributed by atoms with van der Waals surface area (Å²) in [5.41, 5.74) is 1.39. The van der Waals surface area contributed by atoms with Crippen molar-refractivity contribution in [3.05, 3.63) is 65.7 Å². The van der Waals surface area contributed by atoms with E-state index in [0.29, 0.717) is 11.3 Å². The molecule has 108 valence electrons. The van der Waals surface area contributed by atoms with Gasteiger partial charge in [0.2, 0.25) is 5.91 Å². The summed E-state index contributed by atoms with van der Waals surface area (Å²) in [4.78, 5) is 23.8. The van der Waals surface area contributed by atoms with Gasteiger partial charge in [0.05, 0.1) is 20.1 Å². The molecule has 0 saturated heterocycles. The molecule has 2 aromatic carbocycles. The highest BCUT2D eigenvalue weighted by atomic mass is 16.5. The number of methoxy groups -OCH3 is 1. The van der Waals surface area contributed by atoms with Crippen molar-refractivity contribution in [2.75, 3.05) is 13.7 Å². The van der Waals surface area contributed by atoms with Crippen molar-refractivity contribution in [3.63, 3.8) is 0 Å². The van der Waals surface area contributed by atoms with Crippen LogP contribution in [0.2, 0.25) is 0 Å². The van der Waals surface area contributed by atoms with Crippen molar-refractivity contribution in [2.45, 2.75) is 6.42 Å². The van der Waals surface area contributed by atoms with E-state index in [-0.39, 0.29) is 24.7 Å². The Labute approximate surface area is 123 Å². The molecule has 0 atom stereocenters. The Balaban J connectivity index is 1.89. The first-order chi connectivity index (χ1) is 10.2. The maximum absolute atomic E-state index is 11.9. The van der Waals surface area contributed by atoms with Crippen LogP contribution in [-0.4, -0.2) is 25.3 Å². The summed E-state index contributed by atoms with van der Waals surface area (Å²) in [5, 5.41) is 2.64. The minimum atomic E-state index is -0.205. The third-order valence-electron chi connectivity index (χ3n) is 3.09. The molecule has 0 bridgehead atoms. The number of hydrogen-bond donors (Lipinski definition) is 1. The molecule has 0 aromatic heterocycles. The highest BCUT2D eigenvalue weighted by molar-refractivity contribution is 5.99. The van der Waals surface area contributed by atoms with Crippen LogP contribution in [0.25, 0.3) is 0 Å². The fraction of sp³-hybridized carbons (Fsp3) is 0.176. The van der Waals surface area contributed by atoms with Crippen LogP contribution >= 0.6 is 0 Å². The van der Waals surface area contributed by atoms with Crippen LogP contribution in [0.3, 0.4) is 0 Å². The third kappa shape index (κ3) is 4.18. The zero-order valence-corrected chi connectivity index (χ0v) is 11.8. The summed E-state index contributed by atoms with van der Waals surface area (Å²) in [6, 6.07) is 16.2. The van der Waals surface area contributed by atoms with Gasteiger partial charge in [-0.25, -0.2) is 0 Å². The molecule has 0 aliphatic carbocycles. The largest absolute Gasteiger partial charge is 0.496 e. The van der Waals surface area contributed by atoms with E-state index in [9.17, 15) is 9.59 Å². The lowest BCUT2D eigenvalue weighted by atomic mass is 10.1. The number of nitrogens with one attached hydrogen (secondary N) is 1. The van der Waals surface area contributed by atoms with Crippen LogP contribution in [-0.2, 0) is 11.2 Å². The average molecular weight is 283 g/mol. The van der Waals surface area contributed by atoms with Crippen molar-refractivity contribution in [1.82, 2.24) is 5.32 Å². The zero-order valence-electron chi connectivity index (χ0n) is 11.8. The Bertz CT molecular complexity index is 623. The van der Waals surface area contributed by atoms with Gasteiger partial charge in [-0.2, -0.15) is 0 Å². The van der Waals surface area contributed by atoms with Gasteiger partial charge < -0.3 is 10.1 Å². The minimum Gasteiger partial charge on any atom is -0.496 e. The van der Waals surface area contributed by atoms with Gasteiger partial charge in [-0.3, -0.25) is 9.59 Å². The van der Waals surface area contributed by atoms with Gasteiger partial charge in [0.1, 0.15) is 5.75 Å². The van der Waals surface area contributed by atoms with Gasteiger partial charge in [-0.1, -0.05) is 48.5 Å². The first-order valence-electron chi connectivity index (χ1n) is 6.67. The monoisotopic (exact) mass is 283 g/mol. The normalized spacial score (nSPS) is 9.95. The molecule has 0 unspecified atom stereocenters. The fourth-order valence-electron chi connectivity index (χ4n) is 1.99. The van der Waals surface area contributed by atoms with Crippen LogP contribution in [0.4, 0.5) is 0 Å². The molecule has 21 heavy (non-hydrogen) atoms. The summed E-state index contributed by atoms with van der Waals surface area (Å²) in [6.45, 7) is -0.00199.